The number of imidazole rings is 3. The average molecular weight is 2020 g/mol. The van der Waals surface area contributed by atoms with Crippen molar-refractivity contribution in [1.29, 1.82) is 0 Å². The van der Waals surface area contributed by atoms with Crippen molar-refractivity contribution in [2.75, 3.05) is 11.5 Å². The lowest BCUT2D eigenvalue weighted by Gasteiger charge is -2.32. The molecule has 0 aliphatic carbocycles. The number of nitrogens with zero attached hydrogens (tertiary/aromatic N) is 5. The molecule has 5 aromatic heterocycles. The zero-order valence-corrected chi connectivity index (χ0v) is 81.8. The summed E-state index contributed by atoms with van der Waals surface area (Å²) in [6.07, 6.45) is 1.70. The first-order valence-corrected chi connectivity index (χ1v) is 47.9. The highest BCUT2D eigenvalue weighted by atomic mass is 79.9. The van der Waals surface area contributed by atoms with Crippen molar-refractivity contribution in [2.24, 2.45) is 0 Å². The molecule has 14 nitrogen and oxygen atoms in total. The number of hydrogen-bond acceptors (Lipinski definition) is 11. The minimum atomic E-state index is -1.57. The van der Waals surface area contributed by atoms with Crippen molar-refractivity contribution in [3.8, 4) is 33.6 Å². The summed E-state index contributed by atoms with van der Waals surface area (Å²) < 4.78 is 18.2. The Labute approximate surface area is 843 Å². The number of aromatic amines is 1. The van der Waals surface area contributed by atoms with Crippen molar-refractivity contribution in [3.63, 3.8) is 0 Å². The largest absolute Gasteiger partial charge is 0.494 e. The Hall–Kier alpha value is -13.7. The van der Waals surface area contributed by atoms with Crippen molar-refractivity contribution >= 4 is 288 Å². The summed E-state index contributed by atoms with van der Waals surface area (Å²) in [6, 6.07) is 122. The highest BCUT2D eigenvalue weighted by Gasteiger charge is 2.52. The van der Waals surface area contributed by atoms with Gasteiger partial charge in [-0.3, -0.25) is 18.4 Å². The Morgan fingerprint density at radius 3 is 1.27 bits per heavy atom. The predicted octanol–water partition coefficient (Wildman–Crippen LogP) is 30.8. The van der Waals surface area contributed by atoms with Gasteiger partial charge in [-0.2, -0.15) is 0 Å². The molecule has 680 valence electrons. The summed E-state index contributed by atoms with van der Waals surface area (Å²) in [7, 11) is -1.98. The van der Waals surface area contributed by atoms with Gasteiger partial charge in [0.2, 0.25) is 0 Å². The summed E-state index contributed by atoms with van der Waals surface area (Å²) in [4.78, 5) is 40.2. The lowest BCUT2D eigenvalue weighted by Crippen LogP contribution is -2.41. The number of aldehydes is 2. The number of fused-ring (bicyclic) bond motifs is 24. The molecule has 1 aliphatic heterocycles. The summed E-state index contributed by atoms with van der Waals surface area (Å²) in [6.45, 7) is 8.38. The Morgan fingerprint density at radius 1 is 0.360 bits per heavy atom. The van der Waals surface area contributed by atoms with Crippen molar-refractivity contribution in [2.45, 2.75) is 38.9 Å². The number of pyridine rings is 2. The number of halogens is 8. The smallest absolute Gasteiger partial charge is 0.423 e. The molecule has 1 saturated heterocycles. The van der Waals surface area contributed by atoms with E-state index in [0.29, 0.717) is 52.6 Å². The zero-order chi connectivity index (χ0) is 96.7. The maximum atomic E-state index is 11.4. The molecule has 25 rings (SSSR count). The van der Waals surface area contributed by atoms with Crippen molar-refractivity contribution in [1.82, 2.24) is 28.7 Å². The number of H-pyrrole nitrogens is 1. The fraction of sp³-hybridized carbons (Fsp3) is 0.0522. The third kappa shape index (κ3) is 18.8. The van der Waals surface area contributed by atoms with Crippen LogP contribution in [0.3, 0.4) is 0 Å². The third-order valence-corrected chi connectivity index (χ3v) is 28.1. The van der Waals surface area contributed by atoms with Crippen molar-refractivity contribution in [3.05, 3.63) is 421 Å². The average Bonchev–Trinajstić information content (AvgIpc) is 1.60. The second-order valence-corrected chi connectivity index (χ2v) is 38.1. The normalized spacial score (nSPS) is 12.5. The number of nitrogens with two attached hydrogens (primary N) is 2. The van der Waals surface area contributed by atoms with Crippen LogP contribution in [0.4, 0.5) is 11.4 Å². The van der Waals surface area contributed by atoms with Crippen LogP contribution in [0.1, 0.15) is 48.4 Å². The van der Waals surface area contributed by atoms with E-state index < -0.39 is 14.2 Å². The minimum Gasteiger partial charge on any atom is -0.423 e. The Morgan fingerprint density at radius 2 is 0.755 bits per heavy atom. The van der Waals surface area contributed by atoms with E-state index in [9.17, 15) is 9.59 Å². The highest BCUT2D eigenvalue weighted by molar-refractivity contribution is 9.10. The van der Waals surface area contributed by atoms with Crippen LogP contribution in [-0.4, -0.2) is 76.8 Å². The van der Waals surface area contributed by atoms with Crippen LogP contribution in [0, 0.1) is 0 Å². The summed E-state index contributed by atoms with van der Waals surface area (Å²) in [5.74, 6) is 0.813. The quantitative estimate of drug-likeness (QED) is 0.0439. The van der Waals surface area contributed by atoms with Gasteiger partial charge in [-0.1, -0.05) is 300 Å². The maximum absolute atomic E-state index is 11.4. The number of nitrogens with one attached hydrogen (secondary N) is 1. The molecule has 0 spiro atoms. The van der Waals surface area contributed by atoms with Gasteiger partial charge in [-0.05, 0) is 255 Å². The SMILES string of the molecule is CC1(C)OB(c2ccc3c(c2)c2c4ccccc4ccc2c2nc4ccccc4n32)OC1(C)C.Clc1ccc(Cl)c(-c2c(-c3nc4ccccc4[nH]3)ccc3ccccc23)c1.Clc1ccc2c(c1)c1c3ccccc3ccc1c1nc3ccccc3n21.Nc1ccccc1N.O=Cc1ccc2ccccc2c1-c1cc(Cl)ccc1Cl.O=Cc1ccc2ccccc2c1Br.OB(O)c1cc(Cl)ccc1Cl. The van der Waals surface area contributed by atoms with Crippen LogP contribution < -0.4 is 22.4 Å². The van der Waals surface area contributed by atoms with Gasteiger partial charge in [-0.15, -0.1) is 0 Å². The monoisotopic (exact) mass is 2020 g/mol. The fourth-order valence-electron chi connectivity index (χ4n) is 17.8. The van der Waals surface area contributed by atoms with Crippen molar-refractivity contribution < 1.29 is 28.9 Å². The van der Waals surface area contributed by atoms with E-state index in [1.807, 2.05) is 152 Å². The van der Waals surface area contributed by atoms with E-state index in [1.54, 1.807) is 42.5 Å². The third-order valence-electron chi connectivity index (χ3n) is 25.3. The van der Waals surface area contributed by atoms with E-state index in [4.69, 9.17) is 127 Å². The Kier molecular flexibility index (Phi) is 27.2. The summed E-state index contributed by atoms with van der Waals surface area (Å²) in [5, 5.41) is 39.9. The minimum absolute atomic E-state index is 0.221. The molecule has 7 N–H and O–H groups in total. The molecule has 19 aromatic carbocycles. The number of para-hydroxylation sites is 8. The molecule has 139 heavy (non-hydrogen) atoms. The molecule has 6 heterocycles. The molecule has 24 heteroatoms. The Balaban J connectivity index is 0.000000108. The van der Waals surface area contributed by atoms with Crippen LogP contribution in [-0.2, 0) is 9.31 Å². The molecule has 0 unspecified atom stereocenters. The van der Waals surface area contributed by atoms with Crippen LogP contribution in [0.2, 0.25) is 35.2 Å². The van der Waals surface area contributed by atoms with Crippen LogP contribution in [0.25, 0.3) is 175 Å². The first-order valence-electron chi connectivity index (χ1n) is 44.5. The lowest BCUT2D eigenvalue weighted by atomic mass is 9.78. The summed E-state index contributed by atoms with van der Waals surface area (Å²) in [5.41, 5.74) is 28.8. The molecule has 24 aromatic rings. The molecular weight excluding hydrogens is 1940 g/mol. The maximum Gasteiger partial charge on any atom is 0.494 e. The van der Waals surface area contributed by atoms with Gasteiger partial charge < -0.3 is 35.8 Å². The van der Waals surface area contributed by atoms with E-state index in [-0.39, 0.29) is 16.7 Å². The zero-order valence-electron chi connectivity index (χ0n) is 75.0. The van der Waals surface area contributed by atoms with Gasteiger partial charge in [0.05, 0.1) is 66.7 Å². The van der Waals surface area contributed by atoms with Gasteiger partial charge in [0.25, 0.3) is 0 Å². The van der Waals surface area contributed by atoms with Gasteiger partial charge in [0.1, 0.15) is 17.1 Å². The number of anilines is 2. The molecule has 1 aliphatic rings. The van der Waals surface area contributed by atoms with E-state index in [1.165, 1.54) is 49.8 Å². The Bertz CT molecular complexity index is 8900. The van der Waals surface area contributed by atoms with E-state index in [0.717, 1.165) is 165 Å². The second kappa shape index (κ2) is 40.0. The number of carbonyl (C=O) groups is 2. The van der Waals surface area contributed by atoms with Gasteiger partial charge >= 0.3 is 14.2 Å². The van der Waals surface area contributed by atoms with Gasteiger partial charge in [-0.25, -0.2) is 15.0 Å². The number of benzene rings is 19. The second-order valence-electron chi connectivity index (χ2n) is 34.4. The first kappa shape index (κ1) is 94.3. The highest BCUT2D eigenvalue weighted by Crippen LogP contribution is 2.46. The molecule has 0 radical (unpaired) electrons. The molecule has 0 amide bonds. The molecular formula is C115H82B2BrCl7N8O6. The van der Waals surface area contributed by atoms with Gasteiger partial charge in [0, 0.05) is 116 Å². The number of hydrogen-bond donors (Lipinski definition) is 5. The number of nitrogen functional groups attached to an aromatic ring is 2. The summed E-state index contributed by atoms with van der Waals surface area (Å²) >= 11 is 46.2. The van der Waals surface area contributed by atoms with Crippen LogP contribution in [0.5, 0.6) is 0 Å². The molecule has 0 atom stereocenters. The topological polar surface area (TPSA) is 208 Å². The predicted molar refractivity (Wildman–Crippen MR) is 589 cm³/mol. The lowest BCUT2D eigenvalue weighted by molar-refractivity contribution is 0.00578. The number of aromatic nitrogens is 6. The molecule has 1 fully saturated rings. The first-order chi connectivity index (χ1) is 67.3. The van der Waals surface area contributed by atoms with E-state index in [2.05, 4.69) is 221 Å². The standard InChI is InChI=1S/C29H25BN2O2.C23H14Cl2N2.C23H13ClN2.C17H10Cl2O.C11H7BrO.C6H5BCl2O2.C6H8N2/c1-28(2)29(3,4)34-30(33-28)19-14-16-24-22(17-19)26-20-10-6-5-9-18(20)13-15-21(26)27-31-23-11-7-8-12-25(23)32(24)27;24-15-10-12-19(25)18(13-15)22-16-6-2-1-5-14(16)9-11-17(22)23-26-20-7-3-4-8-21(20)27-23;24-15-10-12-20-18(13-15)22-16-6-2-1-5-14(16)9-11-17(22)23-25-19-7-3-4-8-21(19)26(20)23;18-13-7-8-16(19)15(9-13)17-12(10-20)6-5-11-3-1-2-4-14(11)17;12-11-9(7-13)6-5-8-3-1-2-4-10(8)11;8-4-1-2-6(9)5(3-4)7(10)11;7-5-3-1-2-4-6(5)8/h5-17H,1-4H3;1-13H,(H,26,27);1-13H;1-10H;1-7H;1-3,10-11H;1-4H,7-8H2. The van der Waals surface area contributed by atoms with Crippen LogP contribution >= 0.6 is 97.1 Å². The number of rotatable bonds is 7. The fourth-order valence-corrected chi connectivity index (χ4v) is 19.8. The molecule has 0 saturated carbocycles. The van der Waals surface area contributed by atoms with E-state index >= 15 is 0 Å². The van der Waals surface area contributed by atoms with Crippen LogP contribution in [0.15, 0.2) is 375 Å². The van der Waals surface area contributed by atoms with Gasteiger partial charge in [0.15, 0.2) is 12.6 Å². The number of carbonyl (C=O) groups excluding carboxylic acids is 2. The molecule has 0 bridgehead atoms.